The molecular formula is C22H26ClN3O2. The molecule has 0 radical (unpaired) electrons. The molecule has 2 aliphatic rings. The Labute approximate surface area is 171 Å². The Morgan fingerprint density at radius 3 is 2.75 bits per heavy atom. The second-order valence-corrected chi connectivity index (χ2v) is 7.64. The Balaban J connectivity index is 0.00000225. The van der Waals surface area contributed by atoms with Crippen LogP contribution in [0.3, 0.4) is 0 Å². The van der Waals surface area contributed by atoms with Crippen molar-refractivity contribution in [2.24, 2.45) is 11.7 Å². The molecule has 2 unspecified atom stereocenters. The summed E-state index contributed by atoms with van der Waals surface area (Å²) >= 11 is 0. The maximum atomic E-state index is 12.5. The summed E-state index contributed by atoms with van der Waals surface area (Å²) in [5.41, 5.74) is 11.7. The molecule has 1 aliphatic carbocycles. The van der Waals surface area contributed by atoms with Crippen molar-refractivity contribution < 1.29 is 9.59 Å². The van der Waals surface area contributed by atoms with E-state index in [1.165, 1.54) is 22.3 Å². The fourth-order valence-electron chi connectivity index (χ4n) is 4.00. The van der Waals surface area contributed by atoms with Gasteiger partial charge in [-0.15, -0.1) is 12.4 Å². The van der Waals surface area contributed by atoms with Gasteiger partial charge < -0.3 is 16.0 Å². The molecule has 6 heteroatoms. The molecule has 3 N–H and O–H groups in total. The molecule has 148 valence electrons. The molecule has 2 amide bonds. The van der Waals surface area contributed by atoms with E-state index in [4.69, 9.17) is 5.73 Å². The number of nitrogens with one attached hydrogen (secondary N) is 1. The number of amides is 2. The molecule has 1 saturated heterocycles. The van der Waals surface area contributed by atoms with Crippen molar-refractivity contribution in [1.82, 2.24) is 5.32 Å². The van der Waals surface area contributed by atoms with Crippen molar-refractivity contribution in [1.29, 1.82) is 0 Å². The van der Waals surface area contributed by atoms with Crippen LogP contribution in [0.2, 0.25) is 0 Å². The largest absolute Gasteiger partial charge is 0.356 e. The summed E-state index contributed by atoms with van der Waals surface area (Å²) in [7, 11) is 0. The van der Waals surface area contributed by atoms with Crippen LogP contribution >= 0.6 is 12.4 Å². The van der Waals surface area contributed by atoms with Crippen molar-refractivity contribution in [3.63, 3.8) is 0 Å². The zero-order chi connectivity index (χ0) is 19.0. The summed E-state index contributed by atoms with van der Waals surface area (Å²) in [4.78, 5) is 26.6. The summed E-state index contributed by atoms with van der Waals surface area (Å²) in [5.74, 6) is -0.339. The van der Waals surface area contributed by atoms with Crippen LogP contribution in [0.1, 0.15) is 30.9 Å². The zero-order valence-electron chi connectivity index (χ0n) is 16.0. The average molecular weight is 400 g/mol. The number of nitrogens with two attached hydrogens (primary N) is 1. The molecule has 1 fully saturated rings. The Morgan fingerprint density at radius 1 is 1.21 bits per heavy atom. The standard InChI is InChI=1S/C22H25N3O2.ClH/c1-14(23)8-9-24-22(27)17-12-21(26)25(13-17)18-6-7-20-16(11-18)10-15-4-2-3-5-19(15)20;/h2-7,11,14,17H,8-10,12-13,23H2,1H3,(H,24,27);1H. The molecule has 0 aromatic heterocycles. The minimum atomic E-state index is -0.295. The van der Waals surface area contributed by atoms with E-state index in [1.807, 2.05) is 13.0 Å². The maximum Gasteiger partial charge on any atom is 0.227 e. The number of hydrogen-bond donors (Lipinski definition) is 2. The number of rotatable bonds is 5. The van der Waals surface area contributed by atoms with Gasteiger partial charge in [0.15, 0.2) is 0 Å². The van der Waals surface area contributed by atoms with E-state index in [9.17, 15) is 9.59 Å². The van der Waals surface area contributed by atoms with E-state index in [0.29, 0.717) is 13.1 Å². The van der Waals surface area contributed by atoms with Crippen molar-refractivity contribution in [2.45, 2.75) is 32.2 Å². The van der Waals surface area contributed by atoms with E-state index < -0.39 is 0 Å². The van der Waals surface area contributed by atoms with E-state index in [2.05, 4.69) is 41.7 Å². The molecule has 0 bridgehead atoms. The number of nitrogens with zero attached hydrogens (tertiary/aromatic N) is 1. The molecule has 5 nitrogen and oxygen atoms in total. The molecule has 2 aromatic rings. The third-order valence-electron chi connectivity index (χ3n) is 5.48. The number of fused-ring (bicyclic) bond motifs is 3. The highest BCUT2D eigenvalue weighted by Gasteiger charge is 2.35. The van der Waals surface area contributed by atoms with Crippen molar-refractivity contribution in [3.05, 3.63) is 53.6 Å². The van der Waals surface area contributed by atoms with Gasteiger partial charge >= 0.3 is 0 Å². The molecular weight excluding hydrogens is 374 g/mol. The minimum absolute atomic E-state index is 0. The lowest BCUT2D eigenvalue weighted by atomic mass is 10.1. The molecule has 2 atom stereocenters. The Bertz CT molecular complexity index is 897. The Hall–Kier alpha value is -2.37. The second-order valence-electron chi connectivity index (χ2n) is 7.64. The number of hydrogen-bond acceptors (Lipinski definition) is 3. The van der Waals surface area contributed by atoms with Crippen LogP contribution in [-0.2, 0) is 16.0 Å². The third kappa shape index (κ3) is 3.91. The predicted octanol–water partition coefficient (Wildman–Crippen LogP) is 2.89. The van der Waals surface area contributed by atoms with E-state index in [-0.39, 0.29) is 42.6 Å². The van der Waals surface area contributed by atoms with Gasteiger partial charge in [-0.2, -0.15) is 0 Å². The van der Waals surface area contributed by atoms with E-state index in [0.717, 1.165) is 18.5 Å². The second kappa shape index (κ2) is 8.33. The first kappa shape index (κ1) is 20.4. The first-order chi connectivity index (χ1) is 13.0. The first-order valence-electron chi connectivity index (χ1n) is 9.58. The van der Waals surface area contributed by atoms with Gasteiger partial charge in [0.05, 0.1) is 5.92 Å². The smallest absolute Gasteiger partial charge is 0.227 e. The van der Waals surface area contributed by atoms with Gasteiger partial charge in [0.1, 0.15) is 0 Å². The average Bonchev–Trinajstić information content (AvgIpc) is 3.21. The van der Waals surface area contributed by atoms with E-state index >= 15 is 0 Å². The number of carbonyl (C=O) groups excluding carboxylic acids is 2. The Kier molecular flexibility index (Phi) is 6.06. The maximum absolute atomic E-state index is 12.5. The SMILES string of the molecule is CC(N)CCNC(=O)C1CC(=O)N(c2ccc3c(c2)Cc2ccccc2-3)C1.Cl. The van der Waals surface area contributed by atoms with Gasteiger partial charge in [0, 0.05) is 31.2 Å². The summed E-state index contributed by atoms with van der Waals surface area (Å²) in [6.45, 7) is 2.91. The van der Waals surface area contributed by atoms with Crippen LogP contribution in [0.4, 0.5) is 5.69 Å². The lowest BCUT2D eigenvalue weighted by Crippen LogP contribution is -2.35. The molecule has 4 rings (SSSR count). The highest BCUT2D eigenvalue weighted by Crippen LogP contribution is 2.39. The van der Waals surface area contributed by atoms with Gasteiger partial charge in [-0.1, -0.05) is 30.3 Å². The van der Waals surface area contributed by atoms with Gasteiger partial charge in [0.2, 0.25) is 11.8 Å². The normalized spacial score (nSPS) is 18.3. The van der Waals surface area contributed by atoms with Crippen molar-refractivity contribution in [2.75, 3.05) is 18.0 Å². The van der Waals surface area contributed by atoms with Gasteiger partial charge in [-0.25, -0.2) is 0 Å². The quantitative estimate of drug-likeness (QED) is 0.692. The van der Waals surface area contributed by atoms with Crippen molar-refractivity contribution >= 4 is 29.9 Å². The highest BCUT2D eigenvalue weighted by atomic mass is 35.5. The summed E-state index contributed by atoms with van der Waals surface area (Å²) in [6, 6.07) is 14.7. The fraction of sp³-hybridized carbons (Fsp3) is 0.364. The van der Waals surface area contributed by atoms with Gasteiger partial charge in [-0.3, -0.25) is 9.59 Å². The molecule has 28 heavy (non-hydrogen) atoms. The van der Waals surface area contributed by atoms with Gasteiger partial charge in [-0.05, 0) is 54.2 Å². The molecule has 0 saturated carbocycles. The fourth-order valence-corrected chi connectivity index (χ4v) is 4.00. The predicted molar refractivity (Wildman–Crippen MR) is 114 cm³/mol. The summed E-state index contributed by atoms with van der Waals surface area (Å²) in [5, 5.41) is 2.90. The monoisotopic (exact) mass is 399 g/mol. The van der Waals surface area contributed by atoms with Crippen LogP contribution in [0.15, 0.2) is 42.5 Å². The van der Waals surface area contributed by atoms with Crippen molar-refractivity contribution in [3.8, 4) is 11.1 Å². The number of carbonyl (C=O) groups is 2. The molecule has 2 aromatic carbocycles. The lowest BCUT2D eigenvalue weighted by molar-refractivity contribution is -0.126. The summed E-state index contributed by atoms with van der Waals surface area (Å²) in [6.07, 6.45) is 1.89. The van der Waals surface area contributed by atoms with E-state index in [1.54, 1.807) is 4.90 Å². The first-order valence-corrected chi connectivity index (χ1v) is 9.58. The number of benzene rings is 2. The number of halogens is 1. The van der Waals surface area contributed by atoms with Crippen LogP contribution in [0, 0.1) is 5.92 Å². The summed E-state index contributed by atoms with van der Waals surface area (Å²) < 4.78 is 0. The minimum Gasteiger partial charge on any atom is -0.356 e. The topological polar surface area (TPSA) is 75.4 Å². The van der Waals surface area contributed by atoms with Gasteiger partial charge in [0.25, 0.3) is 0 Å². The lowest BCUT2D eigenvalue weighted by Gasteiger charge is -2.18. The molecule has 0 spiro atoms. The van der Waals surface area contributed by atoms with Crippen LogP contribution in [-0.4, -0.2) is 30.9 Å². The number of anilines is 1. The highest BCUT2D eigenvalue weighted by molar-refractivity contribution is 6.00. The zero-order valence-corrected chi connectivity index (χ0v) is 16.8. The Morgan fingerprint density at radius 2 is 1.96 bits per heavy atom. The van der Waals surface area contributed by atoms with Crippen LogP contribution in [0.25, 0.3) is 11.1 Å². The molecule has 1 aliphatic heterocycles. The van der Waals surface area contributed by atoms with Crippen LogP contribution < -0.4 is 16.0 Å². The molecule has 1 heterocycles. The van der Waals surface area contributed by atoms with Crippen LogP contribution in [0.5, 0.6) is 0 Å². The third-order valence-corrected chi connectivity index (χ3v) is 5.48.